The van der Waals surface area contributed by atoms with Crippen molar-refractivity contribution in [1.29, 1.82) is 0 Å². The summed E-state index contributed by atoms with van der Waals surface area (Å²) in [7, 11) is 1.41. The van der Waals surface area contributed by atoms with Gasteiger partial charge in [-0.3, -0.25) is 20.4 Å². The van der Waals surface area contributed by atoms with Crippen molar-refractivity contribution in [3.63, 3.8) is 0 Å². The van der Waals surface area contributed by atoms with Crippen LogP contribution in [0.25, 0.3) is 0 Å². The molecule has 0 fully saturated rings. The van der Waals surface area contributed by atoms with Gasteiger partial charge in [0, 0.05) is 11.4 Å². The van der Waals surface area contributed by atoms with Gasteiger partial charge >= 0.3 is 6.03 Å². The molecule has 0 aliphatic rings. The molecule has 0 aromatic heterocycles. The van der Waals surface area contributed by atoms with E-state index in [0.717, 1.165) is 5.56 Å². The minimum atomic E-state index is -0.966. The summed E-state index contributed by atoms with van der Waals surface area (Å²) < 4.78 is 5.10. The molecule has 2 aromatic carbocycles. The number of hydrogen-bond donors (Lipinski definition) is 4. The molecule has 142 valence electrons. The van der Waals surface area contributed by atoms with E-state index in [9.17, 15) is 14.4 Å². The molecule has 8 nitrogen and oxygen atoms in total. The zero-order chi connectivity index (χ0) is 19.8. The van der Waals surface area contributed by atoms with Crippen LogP contribution >= 0.6 is 11.6 Å². The van der Waals surface area contributed by atoms with Crippen molar-refractivity contribution < 1.29 is 19.1 Å². The first kappa shape index (κ1) is 20.1. The van der Waals surface area contributed by atoms with Gasteiger partial charge in [-0.05, 0) is 23.8 Å². The topological polar surface area (TPSA) is 123 Å². The number of nitrogens with two attached hydrogens (primary N) is 1. The molecule has 0 bridgehead atoms. The largest absolute Gasteiger partial charge is 0.496 e. The number of nitrogens with one attached hydrogen (secondary N) is 3. The van der Waals surface area contributed by atoms with Crippen LogP contribution in [-0.2, 0) is 11.2 Å². The Labute approximate surface area is 161 Å². The van der Waals surface area contributed by atoms with Crippen molar-refractivity contribution in [2.45, 2.75) is 12.5 Å². The maximum Gasteiger partial charge on any atom is 0.312 e. The van der Waals surface area contributed by atoms with Gasteiger partial charge in [-0.1, -0.05) is 41.9 Å². The predicted octanol–water partition coefficient (Wildman–Crippen LogP) is 1.39. The number of primary amides is 1. The summed E-state index contributed by atoms with van der Waals surface area (Å²) in [6, 6.07) is 11.7. The van der Waals surface area contributed by atoms with Crippen molar-refractivity contribution in [3.05, 3.63) is 64.7 Å². The van der Waals surface area contributed by atoms with E-state index in [2.05, 4.69) is 16.2 Å². The summed E-state index contributed by atoms with van der Waals surface area (Å²) in [5.41, 5.74) is 10.6. The molecule has 0 saturated carbocycles. The van der Waals surface area contributed by atoms with Gasteiger partial charge in [0.25, 0.3) is 11.8 Å². The lowest BCUT2D eigenvalue weighted by Gasteiger charge is -2.18. The number of urea groups is 1. The van der Waals surface area contributed by atoms with Crippen LogP contribution in [0.15, 0.2) is 48.5 Å². The molecule has 0 aliphatic heterocycles. The second-order valence-electron chi connectivity index (χ2n) is 5.54. The number of hydrazine groups is 1. The molecule has 0 heterocycles. The fourth-order valence-electron chi connectivity index (χ4n) is 2.36. The molecule has 27 heavy (non-hydrogen) atoms. The molecule has 0 saturated heterocycles. The highest BCUT2D eigenvalue weighted by molar-refractivity contribution is 6.31. The lowest BCUT2D eigenvalue weighted by atomic mass is 10.1. The van der Waals surface area contributed by atoms with Crippen LogP contribution in [0.5, 0.6) is 5.75 Å². The molecule has 0 spiro atoms. The van der Waals surface area contributed by atoms with Gasteiger partial charge < -0.3 is 15.8 Å². The Morgan fingerprint density at radius 2 is 1.81 bits per heavy atom. The monoisotopic (exact) mass is 390 g/mol. The van der Waals surface area contributed by atoms with Crippen molar-refractivity contribution in [3.8, 4) is 5.75 Å². The predicted molar refractivity (Wildman–Crippen MR) is 100 cm³/mol. The highest BCUT2D eigenvalue weighted by atomic mass is 35.5. The average Bonchev–Trinajstić information content (AvgIpc) is 2.65. The van der Waals surface area contributed by atoms with E-state index < -0.39 is 23.9 Å². The van der Waals surface area contributed by atoms with Gasteiger partial charge in [0.1, 0.15) is 11.8 Å². The maximum absolute atomic E-state index is 12.4. The highest BCUT2D eigenvalue weighted by Gasteiger charge is 2.21. The third-order valence-corrected chi connectivity index (χ3v) is 3.86. The Balaban J connectivity index is 2.05. The van der Waals surface area contributed by atoms with Crippen LogP contribution in [0.1, 0.15) is 15.9 Å². The second-order valence-corrected chi connectivity index (χ2v) is 5.98. The zero-order valence-electron chi connectivity index (χ0n) is 14.5. The van der Waals surface area contributed by atoms with Crippen molar-refractivity contribution in [2.75, 3.05) is 7.11 Å². The van der Waals surface area contributed by atoms with E-state index >= 15 is 0 Å². The van der Waals surface area contributed by atoms with E-state index in [1.54, 1.807) is 18.2 Å². The van der Waals surface area contributed by atoms with Crippen LogP contribution in [0.3, 0.4) is 0 Å². The number of benzene rings is 2. The fourth-order valence-corrected chi connectivity index (χ4v) is 2.53. The van der Waals surface area contributed by atoms with Crippen LogP contribution in [0.2, 0.25) is 5.02 Å². The minimum Gasteiger partial charge on any atom is -0.496 e. The first-order chi connectivity index (χ1) is 12.9. The third kappa shape index (κ3) is 5.89. The Morgan fingerprint density at radius 3 is 2.44 bits per heavy atom. The van der Waals surface area contributed by atoms with Crippen LogP contribution in [0, 0.1) is 0 Å². The molecule has 2 aromatic rings. The summed E-state index contributed by atoms with van der Waals surface area (Å²) in [6.07, 6.45) is 0.200. The molecule has 2 rings (SSSR count). The first-order valence-electron chi connectivity index (χ1n) is 7.94. The van der Waals surface area contributed by atoms with E-state index in [-0.39, 0.29) is 12.0 Å². The number of carbonyl (C=O) groups excluding carboxylic acids is 3. The Morgan fingerprint density at radius 1 is 1.11 bits per heavy atom. The smallest absolute Gasteiger partial charge is 0.312 e. The summed E-state index contributed by atoms with van der Waals surface area (Å²) in [5, 5.41) is 2.69. The van der Waals surface area contributed by atoms with Gasteiger partial charge in [0.2, 0.25) is 0 Å². The summed E-state index contributed by atoms with van der Waals surface area (Å²) in [4.78, 5) is 35.9. The molecular weight excluding hydrogens is 372 g/mol. The molecule has 9 heteroatoms. The van der Waals surface area contributed by atoms with Gasteiger partial charge in [-0.15, -0.1) is 0 Å². The van der Waals surface area contributed by atoms with Crippen LogP contribution < -0.4 is 26.6 Å². The molecular formula is C18H19ClN4O4. The lowest BCUT2D eigenvalue weighted by Crippen LogP contribution is -2.54. The summed E-state index contributed by atoms with van der Waals surface area (Å²) >= 11 is 5.89. The Bertz CT molecular complexity index is 829. The van der Waals surface area contributed by atoms with Gasteiger partial charge in [-0.2, -0.15) is 0 Å². The number of methoxy groups -OCH3 is 1. The van der Waals surface area contributed by atoms with Gasteiger partial charge in [0.15, 0.2) is 0 Å². The van der Waals surface area contributed by atoms with Crippen LogP contribution in [-0.4, -0.2) is 31.0 Å². The molecule has 1 atom stereocenters. The molecule has 4 amide bonds. The lowest BCUT2D eigenvalue weighted by molar-refractivity contribution is -0.123. The standard InChI is InChI=1S/C18H19ClN4O4/c1-27-15-8-7-12(19)10-13(15)16(24)22-23-17(25)14(21-18(20)26)9-11-5-3-2-4-6-11/h2-8,10,14H,9H2,1H3,(H,22,24)(H,23,25)(H3,20,21,26). The highest BCUT2D eigenvalue weighted by Crippen LogP contribution is 2.22. The van der Waals surface area contributed by atoms with Crippen LogP contribution in [0.4, 0.5) is 4.79 Å². The van der Waals surface area contributed by atoms with Crippen molar-refractivity contribution >= 4 is 29.4 Å². The first-order valence-corrected chi connectivity index (χ1v) is 8.32. The number of amides is 4. The quantitative estimate of drug-likeness (QED) is 0.556. The third-order valence-electron chi connectivity index (χ3n) is 3.62. The van der Waals surface area contributed by atoms with Crippen molar-refractivity contribution in [2.24, 2.45) is 5.73 Å². The van der Waals surface area contributed by atoms with Gasteiger partial charge in [-0.25, -0.2) is 4.79 Å². The Hall–Kier alpha value is -3.26. The normalized spacial score (nSPS) is 11.2. The molecule has 5 N–H and O–H groups in total. The summed E-state index contributed by atoms with van der Waals surface area (Å²) in [5.74, 6) is -0.963. The zero-order valence-corrected chi connectivity index (χ0v) is 15.2. The SMILES string of the molecule is COc1ccc(Cl)cc1C(=O)NNC(=O)C(Cc1ccccc1)NC(N)=O. The van der Waals surface area contributed by atoms with E-state index in [1.165, 1.54) is 19.2 Å². The minimum absolute atomic E-state index is 0.146. The number of rotatable bonds is 6. The number of carbonyl (C=O) groups is 3. The van der Waals surface area contributed by atoms with E-state index in [0.29, 0.717) is 10.8 Å². The molecule has 0 radical (unpaired) electrons. The van der Waals surface area contributed by atoms with Gasteiger partial charge in [0.05, 0.1) is 12.7 Å². The second kappa shape index (κ2) is 9.44. The molecule has 0 aliphatic carbocycles. The fraction of sp³-hybridized carbons (Fsp3) is 0.167. The average molecular weight is 391 g/mol. The van der Waals surface area contributed by atoms with E-state index in [1.807, 2.05) is 18.2 Å². The Kier molecular flexibility index (Phi) is 7.01. The number of halogens is 1. The van der Waals surface area contributed by atoms with E-state index in [4.69, 9.17) is 22.1 Å². The maximum atomic E-state index is 12.4. The van der Waals surface area contributed by atoms with Crippen molar-refractivity contribution in [1.82, 2.24) is 16.2 Å². The number of ether oxygens (including phenoxy) is 1. The molecule has 1 unspecified atom stereocenters. The summed E-state index contributed by atoms with van der Waals surface area (Å²) in [6.45, 7) is 0. The number of hydrogen-bond acceptors (Lipinski definition) is 4.